The molecule has 0 radical (unpaired) electrons. The molecule has 0 bridgehead atoms. The van der Waals surface area contributed by atoms with Crippen LogP contribution in [0.1, 0.15) is 24.8 Å². The number of esters is 2. The van der Waals surface area contributed by atoms with E-state index < -0.39 is 24.1 Å². The molecule has 37 heavy (non-hydrogen) atoms. The van der Waals surface area contributed by atoms with E-state index >= 15 is 0 Å². The first-order chi connectivity index (χ1) is 17.9. The summed E-state index contributed by atoms with van der Waals surface area (Å²) in [7, 11) is 1.40. The molecule has 2 atom stereocenters. The third-order valence-electron chi connectivity index (χ3n) is 5.98. The average molecular weight is 509 g/mol. The quantitative estimate of drug-likeness (QED) is 0.0847. The lowest BCUT2D eigenvalue weighted by Crippen LogP contribution is -2.38. The van der Waals surface area contributed by atoms with Crippen LogP contribution in [0.4, 0.5) is 5.69 Å². The van der Waals surface area contributed by atoms with Crippen LogP contribution in [0.3, 0.4) is 0 Å². The fourth-order valence-electron chi connectivity index (χ4n) is 3.93. The Morgan fingerprint density at radius 3 is 2.51 bits per heavy atom. The van der Waals surface area contributed by atoms with Gasteiger partial charge in [-0.15, -0.1) is 0 Å². The van der Waals surface area contributed by atoms with Gasteiger partial charge in [-0.3, -0.25) is 4.99 Å². The number of aromatic nitrogens is 1. The number of nitrogens with two attached hydrogens (primary N) is 3. The third-order valence-corrected chi connectivity index (χ3v) is 5.98. The number of aliphatic imine (C=N–C) groups is 1. The summed E-state index contributed by atoms with van der Waals surface area (Å²) in [5.41, 5.74) is 19.4. The van der Waals surface area contributed by atoms with Gasteiger partial charge >= 0.3 is 11.9 Å². The Hall–Kier alpha value is -3.89. The standard InChI is InChI=1S/C27H36N6O4/c1-36-24(26(35)37-25(34)22(28)7-4-14-32-27(29)30)18-19-9-11-21(12-10-19)31-15-5-16-33-17-13-20-6-2-3-8-23(20)33/h2-3,6,8-13,17,22,24,31H,4-5,7,14-16,18,28H2,1H3,(H4,29,30,32)/t22-,24-/m0/s1. The predicted molar refractivity (Wildman–Crippen MR) is 145 cm³/mol. The number of hydrogen-bond donors (Lipinski definition) is 4. The van der Waals surface area contributed by atoms with Crippen molar-refractivity contribution in [3.05, 3.63) is 66.4 Å². The molecule has 0 amide bonds. The number of guanidine groups is 1. The van der Waals surface area contributed by atoms with Crippen LogP contribution in [0, 0.1) is 0 Å². The number of carbonyl (C=O) groups is 2. The molecule has 0 unspecified atom stereocenters. The van der Waals surface area contributed by atoms with E-state index in [0.717, 1.165) is 30.8 Å². The second kappa shape index (κ2) is 14.0. The summed E-state index contributed by atoms with van der Waals surface area (Å²) in [4.78, 5) is 28.4. The summed E-state index contributed by atoms with van der Waals surface area (Å²) in [5, 5.41) is 4.67. The first-order valence-corrected chi connectivity index (χ1v) is 12.3. The molecule has 0 aliphatic heterocycles. The molecule has 2 aromatic carbocycles. The maximum Gasteiger partial charge on any atom is 0.343 e. The van der Waals surface area contributed by atoms with Crippen molar-refractivity contribution in [2.24, 2.45) is 22.2 Å². The van der Waals surface area contributed by atoms with Crippen molar-refractivity contribution in [2.45, 2.75) is 44.4 Å². The van der Waals surface area contributed by atoms with E-state index in [4.69, 9.17) is 26.7 Å². The first kappa shape index (κ1) is 27.7. The van der Waals surface area contributed by atoms with Crippen molar-refractivity contribution in [1.29, 1.82) is 0 Å². The van der Waals surface area contributed by atoms with E-state index in [0.29, 0.717) is 13.0 Å². The topological polar surface area (TPSA) is 160 Å². The Balaban J connectivity index is 1.41. The van der Waals surface area contributed by atoms with Gasteiger partial charge in [0.2, 0.25) is 0 Å². The Morgan fingerprint density at radius 1 is 1.03 bits per heavy atom. The van der Waals surface area contributed by atoms with Gasteiger partial charge in [-0.25, -0.2) is 9.59 Å². The lowest BCUT2D eigenvalue weighted by atomic mass is 10.1. The molecule has 1 aromatic heterocycles. The van der Waals surface area contributed by atoms with Gasteiger partial charge in [0.15, 0.2) is 12.1 Å². The van der Waals surface area contributed by atoms with Gasteiger partial charge in [-0.1, -0.05) is 30.3 Å². The third kappa shape index (κ3) is 8.62. The average Bonchev–Trinajstić information content (AvgIpc) is 3.31. The number of rotatable bonds is 14. The lowest BCUT2D eigenvalue weighted by Gasteiger charge is -2.16. The van der Waals surface area contributed by atoms with Gasteiger partial charge in [0.05, 0.1) is 0 Å². The summed E-state index contributed by atoms with van der Waals surface area (Å²) >= 11 is 0. The predicted octanol–water partition coefficient (Wildman–Crippen LogP) is 2.15. The van der Waals surface area contributed by atoms with E-state index in [1.807, 2.05) is 30.3 Å². The molecule has 3 aromatic rings. The largest absolute Gasteiger partial charge is 0.390 e. The van der Waals surface area contributed by atoms with Crippen LogP contribution in [-0.2, 0) is 32.0 Å². The number of para-hydroxylation sites is 1. The van der Waals surface area contributed by atoms with Crippen molar-refractivity contribution in [2.75, 3.05) is 25.5 Å². The Morgan fingerprint density at radius 2 is 1.78 bits per heavy atom. The number of benzene rings is 2. The molecule has 10 nitrogen and oxygen atoms in total. The molecule has 0 spiro atoms. The van der Waals surface area contributed by atoms with Gasteiger partial charge in [-0.2, -0.15) is 0 Å². The number of fused-ring (bicyclic) bond motifs is 1. The summed E-state index contributed by atoms with van der Waals surface area (Å²) in [6.45, 7) is 2.09. The maximum atomic E-state index is 12.4. The van der Waals surface area contributed by atoms with Gasteiger partial charge in [-0.05, 0) is 54.5 Å². The number of ether oxygens (including phenoxy) is 2. The highest BCUT2D eigenvalue weighted by atomic mass is 16.6. The zero-order valence-corrected chi connectivity index (χ0v) is 21.1. The number of methoxy groups -OCH3 is 1. The fraction of sp³-hybridized carbons (Fsp3) is 0.370. The molecular formula is C27H36N6O4. The highest BCUT2D eigenvalue weighted by Gasteiger charge is 2.25. The van der Waals surface area contributed by atoms with Crippen molar-refractivity contribution in [1.82, 2.24) is 4.57 Å². The van der Waals surface area contributed by atoms with E-state index in [1.165, 1.54) is 18.0 Å². The summed E-state index contributed by atoms with van der Waals surface area (Å²) < 4.78 is 12.5. The van der Waals surface area contributed by atoms with Gasteiger partial charge in [0.25, 0.3) is 0 Å². The van der Waals surface area contributed by atoms with Crippen LogP contribution in [0.15, 0.2) is 65.8 Å². The highest BCUT2D eigenvalue weighted by Crippen LogP contribution is 2.16. The molecule has 7 N–H and O–H groups in total. The van der Waals surface area contributed by atoms with Crippen LogP contribution < -0.4 is 22.5 Å². The van der Waals surface area contributed by atoms with Crippen LogP contribution in [0.2, 0.25) is 0 Å². The second-order valence-corrected chi connectivity index (χ2v) is 8.77. The molecule has 1 heterocycles. The maximum absolute atomic E-state index is 12.4. The van der Waals surface area contributed by atoms with Crippen molar-refractivity contribution < 1.29 is 19.1 Å². The zero-order valence-electron chi connectivity index (χ0n) is 21.1. The first-order valence-electron chi connectivity index (χ1n) is 12.3. The highest BCUT2D eigenvalue weighted by molar-refractivity contribution is 5.90. The van der Waals surface area contributed by atoms with Crippen LogP contribution in [0.25, 0.3) is 10.9 Å². The molecule has 0 aliphatic rings. The molecule has 10 heteroatoms. The number of nitrogens with one attached hydrogen (secondary N) is 1. The van der Waals surface area contributed by atoms with E-state index in [1.54, 1.807) is 0 Å². The summed E-state index contributed by atoms with van der Waals surface area (Å²) in [6, 6.07) is 17.3. The number of hydrogen-bond acceptors (Lipinski definition) is 7. The number of nitrogens with zero attached hydrogens (tertiary/aromatic N) is 2. The molecular weight excluding hydrogens is 472 g/mol. The second-order valence-electron chi connectivity index (χ2n) is 8.77. The van der Waals surface area contributed by atoms with Gasteiger partial charge in [0.1, 0.15) is 6.04 Å². The molecule has 0 saturated heterocycles. The number of aryl methyl sites for hydroxylation is 1. The number of anilines is 1. The van der Waals surface area contributed by atoms with Crippen LogP contribution in [0.5, 0.6) is 0 Å². The minimum absolute atomic E-state index is 0.0280. The van der Waals surface area contributed by atoms with E-state index in [9.17, 15) is 9.59 Å². The number of carbonyl (C=O) groups excluding carboxylic acids is 2. The van der Waals surface area contributed by atoms with Crippen molar-refractivity contribution in [3.63, 3.8) is 0 Å². The van der Waals surface area contributed by atoms with Crippen molar-refractivity contribution >= 4 is 34.5 Å². The normalized spacial score (nSPS) is 12.6. The molecule has 0 saturated carbocycles. The van der Waals surface area contributed by atoms with E-state index in [-0.39, 0.29) is 18.8 Å². The molecule has 0 aliphatic carbocycles. The lowest BCUT2D eigenvalue weighted by molar-refractivity contribution is -0.167. The van der Waals surface area contributed by atoms with E-state index in [2.05, 4.69) is 45.3 Å². The van der Waals surface area contributed by atoms with Gasteiger partial charge in [0, 0.05) is 50.6 Å². The minimum atomic E-state index is -0.947. The molecule has 198 valence electrons. The smallest absolute Gasteiger partial charge is 0.343 e. The fourth-order valence-corrected chi connectivity index (χ4v) is 3.93. The zero-order chi connectivity index (χ0) is 26.6. The summed E-state index contributed by atoms with van der Waals surface area (Å²) in [5.74, 6) is -1.60. The van der Waals surface area contributed by atoms with Crippen LogP contribution >= 0.6 is 0 Å². The SMILES string of the molecule is CO[C@@H](Cc1ccc(NCCCn2ccc3ccccc32)cc1)C(=O)OC(=O)[C@@H](N)CCCN=C(N)N. The van der Waals surface area contributed by atoms with Gasteiger partial charge < -0.3 is 36.6 Å². The molecule has 0 fully saturated rings. The van der Waals surface area contributed by atoms with Crippen molar-refractivity contribution in [3.8, 4) is 0 Å². The Bertz CT molecular complexity index is 1190. The Kier molecular flexibility index (Phi) is 10.5. The van der Waals surface area contributed by atoms with Crippen LogP contribution in [-0.4, -0.2) is 54.8 Å². The Labute approximate surface area is 216 Å². The monoisotopic (exact) mass is 508 g/mol. The summed E-state index contributed by atoms with van der Waals surface area (Å²) in [6.07, 6.45) is 3.21. The molecule has 3 rings (SSSR count). The minimum Gasteiger partial charge on any atom is -0.390 e.